The average Bonchev–Trinajstić information content (AvgIpc) is 2.26. The number of hydrogen-bond donors (Lipinski definition) is 1. The molecule has 0 bridgehead atoms. The predicted molar refractivity (Wildman–Crippen MR) is 72.1 cm³/mol. The first-order valence-electron chi connectivity index (χ1n) is 5.95. The molecule has 0 atom stereocenters. The Labute approximate surface area is 104 Å². The minimum Gasteiger partial charge on any atom is -0.494 e. The fourth-order valence-corrected chi connectivity index (χ4v) is 1.31. The van der Waals surface area contributed by atoms with Crippen molar-refractivity contribution in [2.24, 2.45) is 5.41 Å². The quantitative estimate of drug-likeness (QED) is 0.810. The molecule has 0 amide bonds. The van der Waals surface area contributed by atoms with Gasteiger partial charge < -0.3 is 14.8 Å². The summed E-state index contributed by atoms with van der Waals surface area (Å²) in [6.07, 6.45) is 0. The van der Waals surface area contributed by atoms with E-state index in [0.29, 0.717) is 5.41 Å². The highest BCUT2D eigenvalue weighted by molar-refractivity contribution is 5.66. The van der Waals surface area contributed by atoms with Crippen LogP contribution in [0.15, 0.2) is 18.2 Å². The van der Waals surface area contributed by atoms with Crippen molar-refractivity contribution < 1.29 is 9.47 Å². The van der Waals surface area contributed by atoms with E-state index in [4.69, 9.17) is 9.47 Å². The summed E-state index contributed by atoms with van der Waals surface area (Å²) in [5, 5.41) is 3.23. The van der Waals surface area contributed by atoms with E-state index in [1.807, 2.05) is 18.2 Å². The van der Waals surface area contributed by atoms with E-state index < -0.39 is 0 Å². The molecule has 0 saturated heterocycles. The Kier molecular flexibility index (Phi) is 4.67. The minimum atomic E-state index is 0.500. The summed E-state index contributed by atoms with van der Waals surface area (Å²) < 4.78 is 10.6. The first kappa shape index (κ1) is 13.7. The molecule has 96 valence electrons. The Balaban J connectivity index is 0.000000249. The highest BCUT2D eigenvalue weighted by Gasteiger charge is 2.12. The van der Waals surface area contributed by atoms with Crippen LogP contribution in [0.25, 0.3) is 0 Å². The maximum atomic E-state index is 5.42. The summed E-state index contributed by atoms with van der Waals surface area (Å²) in [6.45, 7) is 10.3. The second-order valence-corrected chi connectivity index (χ2v) is 5.61. The molecule has 0 aliphatic carbocycles. The van der Waals surface area contributed by atoms with Gasteiger partial charge in [0, 0.05) is 6.54 Å². The van der Waals surface area contributed by atoms with Crippen molar-refractivity contribution in [3.8, 4) is 11.5 Å². The number of nitrogens with one attached hydrogen (secondary N) is 1. The highest BCUT2D eigenvalue weighted by Crippen LogP contribution is 2.35. The van der Waals surface area contributed by atoms with Gasteiger partial charge in [0.05, 0.1) is 7.11 Å². The van der Waals surface area contributed by atoms with Crippen LogP contribution in [0.5, 0.6) is 11.5 Å². The fraction of sp³-hybridized carbons (Fsp3) is 0.571. The molecule has 0 radical (unpaired) electrons. The van der Waals surface area contributed by atoms with Gasteiger partial charge in [-0.25, -0.2) is 0 Å². The standard InChI is InChI=1S/C9H11NO2.C5H12/c1-11-7-3-2-4-8-9(7)10-5-6-12-8;1-5(2,3)4/h2-4,10H,5-6H2,1H3;1-4H3. The topological polar surface area (TPSA) is 30.5 Å². The summed E-state index contributed by atoms with van der Waals surface area (Å²) >= 11 is 0. The molecule has 2 rings (SSSR count). The number of para-hydroxylation sites is 1. The molecule has 0 spiro atoms. The number of hydrogen-bond acceptors (Lipinski definition) is 3. The second kappa shape index (κ2) is 5.80. The highest BCUT2D eigenvalue weighted by atomic mass is 16.5. The Morgan fingerprint density at radius 3 is 2.47 bits per heavy atom. The molecule has 3 heteroatoms. The monoisotopic (exact) mass is 237 g/mol. The Hall–Kier alpha value is -1.38. The Morgan fingerprint density at radius 1 is 1.24 bits per heavy atom. The van der Waals surface area contributed by atoms with Crippen LogP contribution < -0.4 is 14.8 Å². The first-order chi connectivity index (χ1) is 7.92. The van der Waals surface area contributed by atoms with Crippen molar-refractivity contribution in [1.29, 1.82) is 0 Å². The SMILES string of the molecule is CC(C)(C)C.COc1cccc2c1NCCO2. The maximum Gasteiger partial charge on any atom is 0.146 e. The molecule has 1 aromatic rings. The number of benzene rings is 1. The zero-order valence-electron chi connectivity index (χ0n) is 11.5. The van der Waals surface area contributed by atoms with Gasteiger partial charge in [-0.05, 0) is 17.5 Å². The minimum absolute atomic E-state index is 0.500. The van der Waals surface area contributed by atoms with E-state index in [1.54, 1.807) is 7.11 Å². The molecule has 0 aromatic heterocycles. The molecule has 0 unspecified atom stereocenters. The van der Waals surface area contributed by atoms with Crippen LogP contribution in [0.4, 0.5) is 5.69 Å². The van der Waals surface area contributed by atoms with E-state index >= 15 is 0 Å². The molecular weight excluding hydrogens is 214 g/mol. The van der Waals surface area contributed by atoms with Crippen molar-refractivity contribution in [3.05, 3.63) is 18.2 Å². The third-order valence-corrected chi connectivity index (χ3v) is 1.87. The van der Waals surface area contributed by atoms with Gasteiger partial charge in [0.15, 0.2) is 0 Å². The molecule has 1 N–H and O–H groups in total. The van der Waals surface area contributed by atoms with Gasteiger partial charge >= 0.3 is 0 Å². The fourth-order valence-electron chi connectivity index (χ4n) is 1.31. The van der Waals surface area contributed by atoms with Crippen LogP contribution >= 0.6 is 0 Å². The lowest BCUT2D eigenvalue weighted by Crippen LogP contribution is -2.18. The normalized spacial score (nSPS) is 13.5. The van der Waals surface area contributed by atoms with Crippen molar-refractivity contribution in [2.75, 3.05) is 25.6 Å². The zero-order chi connectivity index (χ0) is 12.9. The second-order valence-electron chi connectivity index (χ2n) is 5.61. The number of fused-ring (bicyclic) bond motifs is 1. The number of ether oxygens (including phenoxy) is 2. The van der Waals surface area contributed by atoms with Crippen molar-refractivity contribution in [3.63, 3.8) is 0 Å². The van der Waals surface area contributed by atoms with Gasteiger partial charge in [-0.3, -0.25) is 0 Å². The van der Waals surface area contributed by atoms with Crippen LogP contribution in [0.1, 0.15) is 27.7 Å². The lowest BCUT2D eigenvalue weighted by Gasteiger charge is -2.20. The smallest absolute Gasteiger partial charge is 0.146 e. The third-order valence-electron chi connectivity index (χ3n) is 1.87. The predicted octanol–water partition coefficient (Wildman–Crippen LogP) is 3.55. The number of anilines is 1. The molecular formula is C14H23NO2. The van der Waals surface area contributed by atoms with Gasteiger partial charge in [-0.15, -0.1) is 0 Å². The van der Waals surface area contributed by atoms with Crippen molar-refractivity contribution in [1.82, 2.24) is 0 Å². The van der Waals surface area contributed by atoms with Crippen molar-refractivity contribution in [2.45, 2.75) is 27.7 Å². The van der Waals surface area contributed by atoms with Gasteiger partial charge in [0.2, 0.25) is 0 Å². The Morgan fingerprint density at radius 2 is 1.88 bits per heavy atom. The number of rotatable bonds is 1. The summed E-state index contributed by atoms with van der Waals surface area (Å²) in [4.78, 5) is 0. The molecule has 1 aromatic carbocycles. The summed E-state index contributed by atoms with van der Waals surface area (Å²) in [6, 6.07) is 5.77. The summed E-state index contributed by atoms with van der Waals surface area (Å²) in [5.74, 6) is 1.72. The van der Waals surface area contributed by atoms with E-state index in [1.165, 1.54) is 0 Å². The zero-order valence-corrected chi connectivity index (χ0v) is 11.5. The van der Waals surface area contributed by atoms with Crippen LogP contribution in [0.2, 0.25) is 0 Å². The molecule has 0 saturated carbocycles. The Bertz CT molecular complexity index is 335. The van der Waals surface area contributed by atoms with Gasteiger partial charge in [-0.1, -0.05) is 33.8 Å². The average molecular weight is 237 g/mol. The summed E-state index contributed by atoms with van der Waals surface area (Å²) in [7, 11) is 1.66. The number of methoxy groups -OCH3 is 1. The lowest BCUT2D eigenvalue weighted by atomic mass is 10.0. The van der Waals surface area contributed by atoms with Gasteiger partial charge in [0.25, 0.3) is 0 Å². The van der Waals surface area contributed by atoms with Gasteiger partial charge in [0.1, 0.15) is 23.8 Å². The van der Waals surface area contributed by atoms with Gasteiger partial charge in [-0.2, -0.15) is 0 Å². The van der Waals surface area contributed by atoms with Crippen LogP contribution in [-0.2, 0) is 0 Å². The van der Waals surface area contributed by atoms with E-state index in [2.05, 4.69) is 33.0 Å². The van der Waals surface area contributed by atoms with E-state index in [-0.39, 0.29) is 0 Å². The molecule has 1 aliphatic heterocycles. The molecule has 17 heavy (non-hydrogen) atoms. The van der Waals surface area contributed by atoms with Crippen LogP contribution in [0, 0.1) is 5.41 Å². The van der Waals surface area contributed by atoms with Crippen molar-refractivity contribution >= 4 is 5.69 Å². The first-order valence-corrected chi connectivity index (χ1v) is 5.95. The van der Waals surface area contributed by atoms with Crippen LogP contribution in [0.3, 0.4) is 0 Å². The molecule has 0 fully saturated rings. The lowest BCUT2D eigenvalue weighted by molar-refractivity contribution is 0.319. The third kappa shape index (κ3) is 4.98. The van der Waals surface area contributed by atoms with E-state index in [9.17, 15) is 0 Å². The maximum absolute atomic E-state index is 5.42. The summed E-state index contributed by atoms with van der Waals surface area (Å²) in [5.41, 5.74) is 1.46. The molecule has 3 nitrogen and oxygen atoms in total. The largest absolute Gasteiger partial charge is 0.494 e. The van der Waals surface area contributed by atoms with E-state index in [0.717, 1.165) is 30.3 Å². The molecule has 1 heterocycles. The molecule has 1 aliphatic rings. The van der Waals surface area contributed by atoms with Crippen LogP contribution in [-0.4, -0.2) is 20.3 Å².